The van der Waals surface area contributed by atoms with E-state index in [9.17, 15) is 13.2 Å². The lowest BCUT2D eigenvalue weighted by Gasteiger charge is -2.11. The number of benzene rings is 1. The molecule has 0 unspecified atom stereocenters. The molecule has 0 saturated heterocycles. The van der Waals surface area contributed by atoms with Crippen LogP contribution in [-0.4, -0.2) is 26.0 Å². The molecular formula is C15H19NO4S. The first-order chi connectivity index (χ1) is 9.92. The van der Waals surface area contributed by atoms with Gasteiger partial charge in [-0.15, -0.1) is 0 Å². The molecular weight excluding hydrogens is 290 g/mol. The zero-order valence-corrected chi connectivity index (χ0v) is 12.7. The van der Waals surface area contributed by atoms with Crippen LogP contribution in [0.3, 0.4) is 0 Å². The molecule has 0 saturated carbocycles. The van der Waals surface area contributed by atoms with Gasteiger partial charge in [-0.25, -0.2) is 17.9 Å². The summed E-state index contributed by atoms with van der Waals surface area (Å²) < 4.78 is 27.1. The Labute approximate surface area is 124 Å². The molecule has 5 nitrogen and oxygen atoms in total. The summed E-state index contributed by atoms with van der Waals surface area (Å²) in [4.78, 5) is 11.1. The first-order valence-corrected chi connectivity index (χ1v) is 8.40. The number of allylic oxidation sites excluding steroid dienone is 1. The van der Waals surface area contributed by atoms with Gasteiger partial charge in [-0.2, -0.15) is 0 Å². The molecule has 2 N–H and O–H groups in total. The molecule has 1 aliphatic carbocycles. The fourth-order valence-electron chi connectivity index (χ4n) is 2.53. The molecule has 0 bridgehead atoms. The standard InChI is InChI=1S/C15H19NO4S/c1-11-13(15(17)18)7-4-8-14(11)21(19,20)16-10-9-12-5-2-3-6-12/h4-5,7-8,16H,2-3,6,9-10H2,1H3,(H,17,18). The van der Waals surface area contributed by atoms with Gasteiger partial charge in [0.1, 0.15) is 0 Å². The number of sulfonamides is 1. The van der Waals surface area contributed by atoms with Gasteiger partial charge in [0.2, 0.25) is 10.0 Å². The number of hydrogen-bond donors (Lipinski definition) is 2. The van der Waals surface area contributed by atoms with Crippen LogP contribution in [0.4, 0.5) is 0 Å². The van der Waals surface area contributed by atoms with Crippen molar-refractivity contribution in [2.24, 2.45) is 0 Å². The van der Waals surface area contributed by atoms with E-state index in [1.54, 1.807) is 0 Å². The molecule has 114 valence electrons. The second-order valence-corrected chi connectivity index (χ2v) is 6.87. The van der Waals surface area contributed by atoms with E-state index < -0.39 is 16.0 Å². The summed E-state index contributed by atoms with van der Waals surface area (Å²) in [5.41, 5.74) is 1.56. The van der Waals surface area contributed by atoms with Crippen LogP contribution in [-0.2, 0) is 10.0 Å². The van der Waals surface area contributed by atoms with Gasteiger partial charge in [0.25, 0.3) is 0 Å². The molecule has 0 amide bonds. The van der Waals surface area contributed by atoms with Crippen molar-refractivity contribution in [3.8, 4) is 0 Å². The molecule has 0 aliphatic heterocycles. The van der Waals surface area contributed by atoms with Crippen molar-refractivity contribution in [1.29, 1.82) is 0 Å². The van der Waals surface area contributed by atoms with Crippen LogP contribution >= 0.6 is 0 Å². The topological polar surface area (TPSA) is 83.5 Å². The number of carbonyl (C=O) groups is 1. The molecule has 1 aromatic carbocycles. The van der Waals surface area contributed by atoms with Crippen LogP contribution in [0, 0.1) is 6.92 Å². The number of rotatable bonds is 6. The van der Waals surface area contributed by atoms with Gasteiger partial charge in [0, 0.05) is 6.54 Å². The summed E-state index contributed by atoms with van der Waals surface area (Å²) in [6, 6.07) is 4.28. The van der Waals surface area contributed by atoms with Crippen LogP contribution in [0.2, 0.25) is 0 Å². The summed E-state index contributed by atoms with van der Waals surface area (Å²) in [7, 11) is -3.68. The Morgan fingerprint density at radius 2 is 2.14 bits per heavy atom. The second kappa shape index (κ2) is 6.41. The van der Waals surface area contributed by atoms with E-state index in [-0.39, 0.29) is 16.0 Å². The third-order valence-corrected chi connectivity index (χ3v) is 5.28. The van der Waals surface area contributed by atoms with E-state index in [0.717, 1.165) is 19.3 Å². The summed E-state index contributed by atoms with van der Waals surface area (Å²) >= 11 is 0. The van der Waals surface area contributed by atoms with Gasteiger partial charge >= 0.3 is 5.97 Å². The monoisotopic (exact) mass is 309 g/mol. The van der Waals surface area contributed by atoms with E-state index in [2.05, 4.69) is 10.8 Å². The molecule has 0 radical (unpaired) electrons. The van der Waals surface area contributed by atoms with Crippen LogP contribution in [0.5, 0.6) is 0 Å². The smallest absolute Gasteiger partial charge is 0.335 e. The average Bonchev–Trinajstić information content (AvgIpc) is 2.91. The number of carboxylic acids is 1. The number of hydrogen-bond acceptors (Lipinski definition) is 3. The maximum Gasteiger partial charge on any atom is 0.335 e. The lowest BCUT2D eigenvalue weighted by atomic mass is 10.1. The van der Waals surface area contributed by atoms with E-state index in [4.69, 9.17) is 5.11 Å². The van der Waals surface area contributed by atoms with Gasteiger partial charge in [0.05, 0.1) is 10.5 Å². The van der Waals surface area contributed by atoms with Crippen LogP contribution in [0.25, 0.3) is 0 Å². The van der Waals surface area contributed by atoms with Crippen molar-refractivity contribution in [1.82, 2.24) is 4.72 Å². The summed E-state index contributed by atoms with van der Waals surface area (Å²) in [5.74, 6) is -1.12. The first kappa shape index (κ1) is 15.7. The van der Waals surface area contributed by atoms with Crippen molar-refractivity contribution >= 4 is 16.0 Å². The third kappa shape index (κ3) is 3.71. The molecule has 0 atom stereocenters. The molecule has 0 aromatic heterocycles. The van der Waals surface area contributed by atoms with Gasteiger partial charge in [0.15, 0.2) is 0 Å². The average molecular weight is 309 g/mol. The van der Waals surface area contributed by atoms with Crippen LogP contribution in [0.1, 0.15) is 41.6 Å². The third-order valence-electron chi connectivity index (χ3n) is 3.68. The molecule has 1 aliphatic rings. The SMILES string of the molecule is Cc1c(C(=O)O)cccc1S(=O)(=O)NCCC1=CCCC1. The van der Waals surface area contributed by atoms with E-state index in [1.165, 1.54) is 30.7 Å². The summed E-state index contributed by atoms with van der Waals surface area (Å²) in [5, 5.41) is 9.05. The molecule has 21 heavy (non-hydrogen) atoms. The predicted molar refractivity (Wildman–Crippen MR) is 79.9 cm³/mol. The van der Waals surface area contributed by atoms with Crippen molar-refractivity contribution in [2.75, 3.05) is 6.54 Å². The highest BCUT2D eigenvalue weighted by Crippen LogP contribution is 2.21. The fourth-order valence-corrected chi connectivity index (χ4v) is 3.82. The summed E-state index contributed by atoms with van der Waals surface area (Å²) in [6.45, 7) is 1.85. The zero-order chi connectivity index (χ0) is 15.5. The predicted octanol–water partition coefficient (Wildman–Crippen LogP) is 2.47. The molecule has 2 rings (SSSR count). The minimum atomic E-state index is -3.68. The molecule has 6 heteroatoms. The molecule has 0 spiro atoms. The normalized spacial score (nSPS) is 15.0. The maximum atomic E-state index is 12.3. The quantitative estimate of drug-likeness (QED) is 0.791. The Morgan fingerprint density at radius 1 is 1.38 bits per heavy atom. The molecule has 1 aromatic rings. The van der Waals surface area contributed by atoms with E-state index in [0.29, 0.717) is 13.0 Å². The highest BCUT2D eigenvalue weighted by atomic mass is 32.2. The lowest BCUT2D eigenvalue weighted by Crippen LogP contribution is -2.26. The second-order valence-electron chi connectivity index (χ2n) is 5.14. The van der Waals surface area contributed by atoms with Crippen LogP contribution < -0.4 is 4.72 Å². The first-order valence-electron chi connectivity index (χ1n) is 6.92. The Morgan fingerprint density at radius 3 is 2.76 bits per heavy atom. The van der Waals surface area contributed by atoms with Gasteiger partial charge < -0.3 is 5.11 Å². The lowest BCUT2D eigenvalue weighted by molar-refractivity contribution is 0.0696. The number of nitrogens with one attached hydrogen (secondary N) is 1. The van der Waals surface area contributed by atoms with Gasteiger partial charge in [-0.1, -0.05) is 17.7 Å². The number of carboxylic acid groups (broad SMARTS) is 1. The maximum absolute atomic E-state index is 12.3. The highest BCUT2D eigenvalue weighted by Gasteiger charge is 2.20. The molecule has 0 heterocycles. The Hall–Kier alpha value is -1.66. The minimum Gasteiger partial charge on any atom is -0.478 e. The largest absolute Gasteiger partial charge is 0.478 e. The van der Waals surface area contributed by atoms with E-state index >= 15 is 0 Å². The van der Waals surface area contributed by atoms with Crippen molar-refractivity contribution < 1.29 is 18.3 Å². The van der Waals surface area contributed by atoms with Gasteiger partial charge in [-0.05, 0) is 50.3 Å². The van der Waals surface area contributed by atoms with Crippen molar-refractivity contribution in [2.45, 2.75) is 37.5 Å². The molecule has 0 fully saturated rings. The number of aromatic carboxylic acids is 1. The Kier molecular flexibility index (Phi) is 4.80. The Bertz CT molecular complexity index is 677. The Balaban J connectivity index is 2.12. The fraction of sp³-hybridized carbons (Fsp3) is 0.400. The summed E-state index contributed by atoms with van der Waals surface area (Å²) in [6.07, 6.45) is 6.11. The van der Waals surface area contributed by atoms with Gasteiger partial charge in [-0.3, -0.25) is 0 Å². The highest BCUT2D eigenvalue weighted by molar-refractivity contribution is 7.89. The van der Waals surface area contributed by atoms with E-state index in [1.807, 2.05) is 0 Å². The minimum absolute atomic E-state index is 0.0105. The zero-order valence-electron chi connectivity index (χ0n) is 11.9. The van der Waals surface area contributed by atoms with Crippen molar-refractivity contribution in [3.63, 3.8) is 0 Å². The van der Waals surface area contributed by atoms with Crippen LogP contribution in [0.15, 0.2) is 34.7 Å². The van der Waals surface area contributed by atoms with Crippen molar-refractivity contribution in [3.05, 3.63) is 41.0 Å².